The van der Waals surface area contributed by atoms with Crippen LogP contribution in [0.25, 0.3) is 0 Å². The summed E-state index contributed by atoms with van der Waals surface area (Å²) in [5.41, 5.74) is 0.214. The molecule has 0 saturated carbocycles. The van der Waals surface area contributed by atoms with Crippen molar-refractivity contribution in [1.29, 1.82) is 0 Å². The molecule has 0 aliphatic heterocycles. The van der Waals surface area contributed by atoms with Crippen LogP contribution in [0.15, 0.2) is 17.0 Å². The number of alkyl halides is 2. The lowest BCUT2D eigenvalue weighted by Gasteiger charge is -2.13. The van der Waals surface area contributed by atoms with Gasteiger partial charge in [-0.1, -0.05) is 0 Å². The zero-order chi connectivity index (χ0) is 16.4. The highest BCUT2D eigenvalue weighted by Gasteiger charge is 2.25. The van der Waals surface area contributed by atoms with Crippen molar-refractivity contribution in [2.45, 2.75) is 31.3 Å². The number of hydrogen-bond donors (Lipinski definition) is 2. The number of nitro benzene ring substituents is 1. The molecular weight excluding hydrogens is 310 g/mol. The summed E-state index contributed by atoms with van der Waals surface area (Å²) in [6, 6.07) is 2.06. The minimum absolute atomic E-state index is 0.264. The molecule has 118 valence electrons. The molecule has 0 spiro atoms. The first kappa shape index (κ1) is 17.4. The molecular formula is C11H14F2N2O5S. The van der Waals surface area contributed by atoms with Gasteiger partial charge in [0.25, 0.3) is 12.1 Å². The molecule has 1 rings (SSSR count). The Hall–Kier alpha value is -1.65. The molecule has 0 heterocycles. The van der Waals surface area contributed by atoms with Gasteiger partial charge in [0.15, 0.2) is 0 Å². The molecule has 0 fully saturated rings. The molecule has 0 aromatic heterocycles. The molecule has 0 aliphatic carbocycles. The Bertz CT molecular complexity index is 648. The highest BCUT2D eigenvalue weighted by atomic mass is 32.2. The zero-order valence-electron chi connectivity index (χ0n) is 11.2. The largest absolute Gasteiger partial charge is 0.386 e. The van der Waals surface area contributed by atoms with Crippen LogP contribution in [0.3, 0.4) is 0 Å². The Morgan fingerprint density at radius 2 is 1.95 bits per heavy atom. The van der Waals surface area contributed by atoms with Gasteiger partial charge in [-0.05, 0) is 25.0 Å². The fourth-order valence-electron chi connectivity index (χ4n) is 1.56. The van der Waals surface area contributed by atoms with Gasteiger partial charge in [0.1, 0.15) is 6.10 Å². The lowest BCUT2D eigenvalue weighted by Crippen LogP contribution is -2.36. The smallest absolute Gasteiger partial charge is 0.271 e. The Morgan fingerprint density at radius 1 is 1.38 bits per heavy atom. The quantitative estimate of drug-likeness (QED) is 0.602. The number of benzene rings is 1. The summed E-state index contributed by atoms with van der Waals surface area (Å²) in [6.45, 7) is 2.05. The highest BCUT2D eigenvalue weighted by molar-refractivity contribution is 7.89. The lowest BCUT2D eigenvalue weighted by molar-refractivity contribution is -0.385. The SMILES string of the molecule is Cc1cc([N+](=O)[O-])cc(S(=O)(=O)NCC(O)C(F)F)c1C. The van der Waals surface area contributed by atoms with Crippen LogP contribution in [0.4, 0.5) is 14.5 Å². The number of halogens is 2. The van der Waals surface area contributed by atoms with Gasteiger partial charge in [0.2, 0.25) is 10.0 Å². The minimum atomic E-state index is -4.25. The summed E-state index contributed by atoms with van der Waals surface area (Å²) in [7, 11) is -4.25. The average molecular weight is 324 g/mol. The van der Waals surface area contributed by atoms with E-state index in [-0.39, 0.29) is 10.5 Å². The second-order valence-corrected chi connectivity index (χ2v) is 6.13. The van der Waals surface area contributed by atoms with Gasteiger partial charge in [-0.25, -0.2) is 21.9 Å². The first-order valence-electron chi connectivity index (χ1n) is 5.77. The van der Waals surface area contributed by atoms with Crippen molar-refractivity contribution in [3.8, 4) is 0 Å². The molecule has 0 aliphatic rings. The van der Waals surface area contributed by atoms with Gasteiger partial charge in [-0.3, -0.25) is 10.1 Å². The number of sulfonamides is 1. The number of nitro groups is 1. The number of non-ortho nitro benzene ring substituents is 1. The van der Waals surface area contributed by atoms with Gasteiger partial charge in [0, 0.05) is 18.7 Å². The second kappa shape index (κ2) is 6.41. The topological polar surface area (TPSA) is 110 Å². The minimum Gasteiger partial charge on any atom is -0.386 e. The average Bonchev–Trinajstić information content (AvgIpc) is 2.38. The summed E-state index contributed by atoms with van der Waals surface area (Å²) in [5.74, 6) is 0. The first-order valence-corrected chi connectivity index (χ1v) is 7.26. The van der Waals surface area contributed by atoms with Crippen molar-refractivity contribution >= 4 is 15.7 Å². The van der Waals surface area contributed by atoms with Crippen LogP contribution in [-0.4, -0.2) is 37.5 Å². The van der Waals surface area contributed by atoms with Crippen molar-refractivity contribution in [3.63, 3.8) is 0 Å². The van der Waals surface area contributed by atoms with E-state index in [4.69, 9.17) is 5.11 Å². The number of nitrogens with zero attached hydrogens (tertiary/aromatic N) is 1. The first-order chi connectivity index (χ1) is 9.56. The second-order valence-electron chi connectivity index (χ2n) is 4.40. The van der Waals surface area contributed by atoms with E-state index in [1.54, 1.807) is 0 Å². The zero-order valence-corrected chi connectivity index (χ0v) is 12.0. The van der Waals surface area contributed by atoms with Crippen molar-refractivity contribution < 1.29 is 27.2 Å². The normalized spacial score (nSPS) is 13.4. The van der Waals surface area contributed by atoms with Gasteiger partial charge in [-0.2, -0.15) is 0 Å². The summed E-state index contributed by atoms with van der Waals surface area (Å²) in [4.78, 5) is 9.62. The Kier molecular flexibility index (Phi) is 5.31. The monoisotopic (exact) mass is 324 g/mol. The fourth-order valence-corrected chi connectivity index (χ4v) is 2.94. The van der Waals surface area contributed by atoms with Crippen LogP contribution < -0.4 is 4.72 Å². The number of aliphatic hydroxyl groups excluding tert-OH is 1. The Balaban J connectivity index is 3.16. The molecule has 1 atom stereocenters. The highest BCUT2D eigenvalue weighted by Crippen LogP contribution is 2.25. The number of aliphatic hydroxyl groups is 1. The third kappa shape index (κ3) is 4.16. The molecule has 0 amide bonds. The van der Waals surface area contributed by atoms with Crippen molar-refractivity contribution in [1.82, 2.24) is 4.72 Å². The molecule has 1 aromatic carbocycles. The molecule has 0 saturated heterocycles. The van der Waals surface area contributed by atoms with Crippen LogP contribution >= 0.6 is 0 Å². The van der Waals surface area contributed by atoms with Crippen LogP contribution in [0.1, 0.15) is 11.1 Å². The van der Waals surface area contributed by atoms with Crippen molar-refractivity contribution in [3.05, 3.63) is 33.4 Å². The van der Waals surface area contributed by atoms with E-state index >= 15 is 0 Å². The van der Waals surface area contributed by atoms with Crippen LogP contribution in [-0.2, 0) is 10.0 Å². The van der Waals surface area contributed by atoms with Crippen LogP contribution in [0.5, 0.6) is 0 Å². The number of hydrogen-bond acceptors (Lipinski definition) is 5. The number of nitrogens with one attached hydrogen (secondary N) is 1. The molecule has 2 N–H and O–H groups in total. The molecule has 0 radical (unpaired) electrons. The van der Waals surface area contributed by atoms with Crippen molar-refractivity contribution in [2.24, 2.45) is 0 Å². The maximum absolute atomic E-state index is 12.1. The van der Waals surface area contributed by atoms with Gasteiger partial charge in [-0.15, -0.1) is 0 Å². The van der Waals surface area contributed by atoms with E-state index in [0.717, 1.165) is 6.07 Å². The molecule has 1 unspecified atom stereocenters. The summed E-state index contributed by atoms with van der Waals surface area (Å²) < 4.78 is 50.1. The summed E-state index contributed by atoms with van der Waals surface area (Å²) >= 11 is 0. The molecule has 21 heavy (non-hydrogen) atoms. The number of rotatable bonds is 6. The Morgan fingerprint density at radius 3 is 2.43 bits per heavy atom. The van der Waals surface area contributed by atoms with E-state index in [1.807, 2.05) is 4.72 Å². The van der Waals surface area contributed by atoms with E-state index < -0.39 is 39.7 Å². The van der Waals surface area contributed by atoms with Crippen LogP contribution in [0.2, 0.25) is 0 Å². The predicted octanol–water partition coefficient (Wildman–Crippen LogP) is 1.12. The van der Waals surface area contributed by atoms with Crippen LogP contribution in [0, 0.1) is 24.0 Å². The fraction of sp³-hybridized carbons (Fsp3) is 0.455. The Labute approximate surface area is 119 Å². The van der Waals surface area contributed by atoms with E-state index in [1.165, 1.54) is 19.9 Å². The lowest BCUT2D eigenvalue weighted by atomic mass is 10.1. The van der Waals surface area contributed by atoms with E-state index in [9.17, 15) is 27.3 Å². The van der Waals surface area contributed by atoms with E-state index in [2.05, 4.69) is 0 Å². The van der Waals surface area contributed by atoms with Gasteiger partial charge in [0.05, 0.1) is 9.82 Å². The molecule has 0 bridgehead atoms. The number of aryl methyl sites for hydroxylation is 1. The molecule has 10 heteroatoms. The molecule has 1 aromatic rings. The van der Waals surface area contributed by atoms with Crippen molar-refractivity contribution in [2.75, 3.05) is 6.54 Å². The summed E-state index contributed by atoms with van der Waals surface area (Å²) in [6.07, 6.45) is -5.25. The maximum atomic E-state index is 12.1. The predicted molar refractivity (Wildman–Crippen MR) is 69.8 cm³/mol. The maximum Gasteiger partial charge on any atom is 0.271 e. The van der Waals surface area contributed by atoms with Gasteiger partial charge >= 0.3 is 0 Å². The van der Waals surface area contributed by atoms with Gasteiger partial charge < -0.3 is 5.11 Å². The van der Waals surface area contributed by atoms with E-state index in [0.29, 0.717) is 5.56 Å². The third-order valence-electron chi connectivity index (χ3n) is 2.88. The summed E-state index contributed by atoms with van der Waals surface area (Å²) in [5, 5.41) is 19.7. The molecule has 7 nitrogen and oxygen atoms in total. The standard InChI is InChI=1S/C11H14F2N2O5S/c1-6-3-8(15(17)18)4-10(7(6)2)21(19,20)14-5-9(16)11(12)13/h3-4,9,11,14,16H,5H2,1-2H3. The third-order valence-corrected chi connectivity index (χ3v) is 4.43.